The van der Waals surface area contributed by atoms with Gasteiger partial charge in [0.15, 0.2) is 0 Å². The maximum absolute atomic E-state index is 5.96. The SMILES string of the molecule is CCCCN(C(C)CC)C(C)C(C)N. The molecule has 0 aromatic rings. The molecule has 3 unspecified atom stereocenters. The minimum atomic E-state index is 0.265. The fraction of sp³-hybridized carbons (Fsp3) is 1.00. The fourth-order valence-electron chi connectivity index (χ4n) is 1.70. The van der Waals surface area contributed by atoms with Gasteiger partial charge in [0.05, 0.1) is 0 Å². The van der Waals surface area contributed by atoms with Crippen molar-refractivity contribution >= 4 is 0 Å². The van der Waals surface area contributed by atoms with Crippen molar-refractivity contribution in [3.63, 3.8) is 0 Å². The molecule has 14 heavy (non-hydrogen) atoms. The van der Waals surface area contributed by atoms with Crippen LogP contribution in [-0.4, -0.2) is 29.6 Å². The molecule has 0 amide bonds. The average Bonchev–Trinajstić information content (AvgIpc) is 2.17. The van der Waals surface area contributed by atoms with Crippen molar-refractivity contribution in [2.24, 2.45) is 5.73 Å². The first-order valence-electron chi connectivity index (χ1n) is 6.05. The van der Waals surface area contributed by atoms with Crippen LogP contribution < -0.4 is 5.73 Å². The Kier molecular flexibility index (Phi) is 7.20. The van der Waals surface area contributed by atoms with Gasteiger partial charge in [0.2, 0.25) is 0 Å². The van der Waals surface area contributed by atoms with Crippen molar-refractivity contribution in [3.8, 4) is 0 Å². The number of hydrogen-bond acceptors (Lipinski definition) is 2. The molecule has 0 aromatic heterocycles. The monoisotopic (exact) mass is 200 g/mol. The van der Waals surface area contributed by atoms with Crippen molar-refractivity contribution < 1.29 is 0 Å². The molecule has 86 valence electrons. The molecule has 3 atom stereocenters. The minimum absolute atomic E-state index is 0.265. The van der Waals surface area contributed by atoms with Crippen LogP contribution in [0.5, 0.6) is 0 Å². The summed E-state index contributed by atoms with van der Waals surface area (Å²) in [6, 6.07) is 1.42. The van der Waals surface area contributed by atoms with Gasteiger partial charge < -0.3 is 5.73 Å². The molecule has 2 heteroatoms. The molecule has 0 bridgehead atoms. The van der Waals surface area contributed by atoms with Crippen molar-refractivity contribution in [1.29, 1.82) is 0 Å². The van der Waals surface area contributed by atoms with Gasteiger partial charge in [0.25, 0.3) is 0 Å². The van der Waals surface area contributed by atoms with E-state index in [1.807, 2.05) is 0 Å². The molecule has 0 spiro atoms. The standard InChI is InChI=1S/C12H28N2/c1-6-8-9-14(10(3)7-2)12(5)11(4)13/h10-12H,6-9,13H2,1-5H3. The summed E-state index contributed by atoms with van der Waals surface area (Å²) in [5.41, 5.74) is 5.96. The van der Waals surface area contributed by atoms with Gasteiger partial charge in [0, 0.05) is 18.1 Å². The first kappa shape index (κ1) is 13.9. The summed E-state index contributed by atoms with van der Waals surface area (Å²) >= 11 is 0. The van der Waals surface area contributed by atoms with Crippen LogP contribution in [0.25, 0.3) is 0 Å². The Labute approximate surface area is 89.9 Å². The van der Waals surface area contributed by atoms with Crippen LogP contribution in [0, 0.1) is 0 Å². The summed E-state index contributed by atoms with van der Waals surface area (Å²) in [5, 5.41) is 0. The quantitative estimate of drug-likeness (QED) is 0.684. The normalized spacial score (nSPS) is 18.2. The van der Waals surface area contributed by atoms with Crippen molar-refractivity contribution in [3.05, 3.63) is 0 Å². The van der Waals surface area contributed by atoms with E-state index in [4.69, 9.17) is 5.73 Å². The van der Waals surface area contributed by atoms with Gasteiger partial charge in [-0.3, -0.25) is 4.90 Å². The number of nitrogens with zero attached hydrogens (tertiary/aromatic N) is 1. The van der Waals surface area contributed by atoms with Crippen LogP contribution in [0.15, 0.2) is 0 Å². The van der Waals surface area contributed by atoms with Crippen molar-refractivity contribution in [1.82, 2.24) is 4.90 Å². The lowest BCUT2D eigenvalue weighted by Gasteiger charge is -2.36. The number of nitrogens with two attached hydrogens (primary N) is 1. The Morgan fingerprint density at radius 3 is 2.07 bits per heavy atom. The molecule has 0 aliphatic heterocycles. The summed E-state index contributed by atoms with van der Waals surface area (Å²) in [7, 11) is 0. The van der Waals surface area contributed by atoms with Crippen LogP contribution in [0.2, 0.25) is 0 Å². The molecule has 0 fully saturated rings. The van der Waals surface area contributed by atoms with Crippen LogP contribution in [0.4, 0.5) is 0 Å². The molecular weight excluding hydrogens is 172 g/mol. The minimum Gasteiger partial charge on any atom is -0.327 e. The molecule has 2 N–H and O–H groups in total. The highest BCUT2D eigenvalue weighted by atomic mass is 15.2. The lowest BCUT2D eigenvalue weighted by atomic mass is 10.1. The van der Waals surface area contributed by atoms with E-state index in [9.17, 15) is 0 Å². The lowest BCUT2D eigenvalue weighted by Crippen LogP contribution is -2.48. The van der Waals surface area contributed by atoms with Gasteiger partial charge in [-0.05, 0) is 40.2 Å². The molecule has 0 aliphatic rings. The van der Waals surface area contributed by atoms with Crippen LogP contribution >= 0.6 is 0 Å². The van der Waals surface area contributed by atoms with Crippen molar-refractivity contribution in [2.45, 2.75) is 72.0 Å². The molecule has 0 saturated heterocycles. The van der Waals surface area contributed by atoms with Crippen molar-refractivity contribution in [2.75, 3.05) is 6.54 Å². The van der Waals surface area contributed by atoms with E-state index in [0.717, 1.165) is 0 Å². The van der Waals surface area contributed by atoms with E-state index in [0.29, 0.717) is 12.1 Å². The molecule has 2 nitrogen and oxygen atoms in total. The second kappa shape index (κ2) is 7.24. The Bertz CT molecular complexity index is 134. The molecule has 0 radical (unpaired) electrons. The summed E-state index contributed by atoms with van der Waals surface area (Å²) in [6.07, 6.45) is 3.75. The van der Waals surface area contributed by atoms with Gasteiger partial charge in [-0.2, -0.15) is 0 Å². The summed E-state index contributed by atoms with van der Waals surface area (Å²) in [5.74, 6) is 0. The Morgan fingerprint density at radius 2 is 1.71 bits per heavy atom. The van der Waals surface area contributed by atoms with Gasteiger partial charge in [-0.1, -0.05) is 20.3 Å². The van der Waals surface area contributed by atoms with Gasteiger partial charge in [0.1, 0.15) is 0 Å². The van der Waals surface area contributed by atoms with E-state index in [1.165, 1.54) is 25.8 Å². The lowest BCUT2D eigenvalue weighted by molar-refractivity contribution is 0.132. The number of unbranched alkanes of at least 4 members (excludes halogenated alkanes) is 1. The highest BCUT2D eigenvalue weighted by Crippen LogP contribution is 2.12. The molecule has 0 aromatic carbocycles. The number of rotatable bonds is 7. The summed E-state index contributed by atoms with van der Waals surface area (Å²) in [4.78, 5) is 2.55. The van der Waals surface area contributed by atoms with Gasteiger partial charge >= 0.3 is 0 Å². The average molecular weight is 200 g/mol. The van der Waals surface area contributed by atoms with E-state index in [-0.39, 0.29) is 6.04 Å². The topological polar surface area (TPSA) is 29.3 Å². The zero-order valence-corrected chi connectivity index (χ0v) is 10.6. The second-order valence-electron chi connectivity index (χ2n) is 4.45. The zero-order chi connectivity index (χ0) is 11.1. The third-order valence-corrected chi connectivity index (χ3v) is 3.21. The number of hydrogen-bond donors (Lipinski definition) is 1. The van der Waals surface area contributed by atoms with E-state index in [2.05, 4.69) is 39.5 Å². The Hall–Kier alpha value is -0.0800. The smallest absolute Gasteiger partial charge is 0.0219 e. The van der Waals surface area contributed by atoms with Crippen LogP contribution in [-0.2, 0) is 0 Å². The second-order valence-corrected chi connectivity index (χ2v) is 4.45. The maximum Gasteiger partial charge on any atom is 0.0219 e. The molecule has 0 heterocycles. The Balaban J connectivity index is 4.22. The van der Waals surface area contributed by atoms with E-state index < -0.39 is 0 Å². The highest BCUT2D eigenvalue weighted by molar-refractivity contribution is 4.78. The Morgan fingerprint density at radius 1 is 1.14 bits per heavy atom. The third kappa shape index (κ3) is 4.43. The van der Waals surface area contributed by atoms with Crippen LogP contribution in [0.1, 0.15) is 53.9 Å². The molecule has 0 aliphatic carbocycles. The zero-order valence-electron chi connectivity index (χ0n) is 10.6. The molecule has 0 saturated carbocycles. The predicted molar refractivity (Wildman–Crippen MR) is 64.5 cm³/mol. The summed E-state index contributed by atoms with van der Waals surface area (Å²) in [6.45, 7) is 12.3. The van der Waals surface area contributed by atoms with Crippen LogP contribution in [0.3, 0.4) is 0 Å². The first-order valence-corrected chi connectivity index (χ1v) is 6.05. The maximum atomic E-state index is 5.96. The molecule has 0 rings (SSSR count). The van der Waals surface area contributed by atoms with Gasteiger partial charge in [-0.15, -0.1) is 0 Å². The highest BCUT2D eigenvalue weighted by Gasteiger charge is 2.20. The molecular formula is C12H28N2. The van der Waals surface area contributed by atoms with E-state index >= 15 is 0 Å². The fourth-order valence-corrected chi connectivity index (χ4v) is 1.70. The summed E-state index contributed by atoms with van der Waals surface area (Å²) < 4.78 is 0. The third-order valence-electron chi connectivity index (χ3n) is 3.21. The van der Waals surface area contributed by atoms with E-state index in [1.54, 1.807) is 0 Å². The van der Waals surface area contributed by atoms with Gasteiger partial charge in [-0.25, -0.2) is 0 Å². The first-order chi connectivity index (χ1) is 6.54. The predicted octanol–water partition coefficient (Wildman–Crippen LogP) is 2.62. The largest absolute Gasteiger partial charge is 0.327 e.